The highest BCUT2D eigenvalue weighted by Crippen LogP contribution is 2.49. The van der Waals surface area contributed by atoms with Crippen LogP contribution in [-0.4, -0.2) is 23.9 Å². The van der Waals surface area contributed by atoms with Crippen molar-refractivity contribution in [3.63, 3.8) is 0 Å². The van der Waals surface area contributed by atoms with Gasteiger partial charge in [0.15, 0.2) is 5.76 Å². The van der Waals surface area contributed by atoms with E-state index in [-0.39, 0.29) is 23.0 Å². The molecule has 0 radical (unpaired) electrons. The first-order chi connectivity index (χ1) is 12.2. The molecule has 2 atom stereocenters. The second kappa shape index (κ2) is 6.59. The number of hydrogen-bond donors (Lipinski definition) is 1. The zero-order valence-electron chi connectivity index (χ0n) is 13.9. The highest BCUT2D eigenvalue weighted by Gasteiger charge is 2.43. The summed E-state index contributed by atoms with van der Waals surface area (Å²) in [5, 5.41) is 3.52. The van der Waals surface area contributed by atoms with Gasteiger partial charge in [-0.05, 0) is 48.8 Å². The molecule has 0 fully saturated rings. The van der Waals surface area contributed by atoms with Gasteiger partial charge >= 0.3 is 5.97 Å². The van der Waals surface area contributed by atoms with Crippen molar-refractivity contribution in [3.8, 4) is 0 Å². The molecule has 1 aliphatic heterocycles. The molecule has 0 saturated carbocycles. The SMILES string of the molecule is CCOC(=O)C1C2=C(CCC2)SC1NC(=O)c1cc2ccccc2o1. The second-order valence-corrected chi connectivity index (χ2v) is 7.43. The average Bonchev–Trinajstić information content (AvgIpc) is 3.27. The van der Waals surface area contributed by atoms with Crippen molar-refractivity contribution >= 4 is 34.6 Å². The van der Waals surface area contributed by atoms with Crippen molar-refractivity contribution in [2.45, 2.75) is 31.6 Å². The first-order valence-corrected chi connectivity index (χ1v) is 9.40. The summed E-state index contributed by atoms with van der Waals surface area (Å²) >= 11 is 1.58. The van der Waals surface area contributed by atoms with Gasteiger partial charge in [-0.3, -0.25) is 9.59 Å². The Hall–Kier alpha value is -2.21. The number of furan rings is 1. The van der Waals surface area contributed by atoms with E-state index < -0.39 is 5.92 Å². The Labute approximate surface area is 149 Å². The van der Waals surface area contributed by atoms with Crippen LogP contribution < -0.4 is 5.32 Å². The summed E-state index contributed by atoms with van der Waals surface area (Å²) in [6.07, 6.45) is 2.95. The van der Waals surface area contributed by atoms with E-state index >= 15 is 0 Å². The molecule has 2 aliphatic rings. The molecule has 130 valence electrons. The van der Waals surface area contributed by atoms with E-state index in [9.17, 15) is 9.59 Å². The van der Waals surface area contributed by atoms with E-state index in [2.05, 4.69) is 5.32 Å². The first kappa shape index (κ1) is 16.3. The lowest BCUT2D eigenvalue weighted by atomic mass is 9.98. The monoisotopic (exact) mass is 357 g/mol. The second-order valence-electron chi connectivity index (χ2n) is 6.19. The number of esters is 1. The third-order valence-corrected chi connectivity index (χ3v) is 6.01. The zero-order valence-corrected chi connectivity index (χ0v) is 14.7. The van der Waals surface area contributed by atoms with Gasteiger partial charge in [-0.1, -0.05) is 18.2 Å². The van der Waals surface area contributed by atoms with Crippen LogP contribution in [0.15, 0.2) is 45.2 Å². The molecule has 1 N–H and O–H groups in total. The Morgan fingerprint density at radius 1 is 1.32 bits per heavy atom. The predicted octanol–water partition coefficient (Wildman–Crippen LogP) is 3.85. The smallest absolute Gasteiger partial charge is 0.316 e. The number of para-hydroxylation sites is 1. The number of nitrogens with one attached hydrogen (secondary N) is 1. The Balaban J connectivity index is 1.54. The summed E-state index contributed by atoms with van der Waals surface area (Å²) < 4.78 is 10.9. The molecule has 4 rings (SSSR count). The molecular weight excluding hydrogens is 338 g/mol. The molecule has 2 heterocycles. The fraction of sp³-hybridized carbons (Fsp3) is 0.368. The van der Waals surface area contributed by atoms with Crippen molar-refractivity contribution in [2.24, 2.45) is 5.92 Å². The van der Waals surface area contributed by atoms with Crippen LogP contribution in [0.4, 0.5) is 0 Å². The molecule has 0 saturated heterocycles. The lowest BCUT2D eigenvalue weighted by Crippen LogP contribution is -2.40. The standard InChI is InChI=1S/C19H19NO4S/c1-2-23-19(22)16-12-7-5-9-15(12)25-18(16)20-17(21)14-10-11-6-3-4-8-13(11)24-14/h3-4,6,8,10,16,18H,2,5,7,9H2,1H3,(H,20,21). The number of fused-ring (bicyclic) bond motifs is 1. The molecule has 25 heavy (non-hydrogen) atoms. The lowest BCUT2D eigenvalue weighted by Gasteiger charge is -2.21. The van der Waals surface area contributed by atoms with Gasteiger partial charge in [0.1, 0.15) is 11.5 Å². The zero-order chi connectivity index (χ0) is 17.4. The number of benzene rings is 1. The van der Waals surface area contributed by atoms with Gasteiger partial charge in [-0.2, -0.15) is 0 Å². The van der Waals surface area contributed by atoms with Gasteiger partial charge < -0.3 is 14.5 Å². The number of thioether (sulfide) groups is 1. The highest BCUT2D eigenvalue weighted by molar-refractivity contribution is 8.04. The summed E-state index contributed by atoms with van der Waals surface area (Å²) in [7, 11) is 0. The number of carbonyl (C=O) groups excluding carboxylic acids is 2. The molecule has 6 heteroatoms. The van der Waals surface area contributed by atoms with Crippen LogP contribution in [0.2, 0.25) is 0 Å². The number of ether oxygens (including phenoxy) is 1. The molecule has 2 unspecified atom stereocenters. The van der Waals surface area contributed by atoms with Crippen LogP contribution in [0.3, 0.4) is 0 Å². The molecule has 2 aromatic rings. The number of carbonyl (C=O) groups is 2. The topological polar surface area (TPSA) is 68.5 Å². The van der Waals surface area contributed by atoms with Gasteiger partial charge in [0.2, 0.25) is 0 Å². The summed E-state index contributed by atoms with van der Waals surface area (Å²) in [6, 6.07) is 9.22. The van der Waals surface area contributed by atoms with E-state index in [1.807, 2.05) is 24.3 Å². The van der Waals surface area contributed by atoms with Crippen LogP contribution in [-0.2, 0) is 9.53 Å². The van der Waals surface area contributed by atoms with Crippen molar-refractivity contribution in [2.75, 3.05) is 6.61 Å². The van der Waals surface area contributed by atoms with Crippen LogP contribution >= 0.6 is 11.8 Å². The van der Waals surface area contributed by atoms with E-state index in [0.717, 1.165) is 30.2 Å². The minimum absolute atomic E-state index is 0.253. The van der Waals surface area contributed by atoms with Gasteiger partial charge in [0.05, 0.1) is 12.0 Å². The Morgan fingerprint density at radius 3 is 2.96 bits per heavy atom. The predicted molar refractivity (Wildman–Crippen MR) is 96.1 cm³/mol. The van der Waals surface area contributed by atoms with Crippen molar-refractivity contribution in [3.05, 3.63) is 46.6 Å². The number of rotatable bonds is 4. The van der Waals surface area contributed by atoms with E-state index in [1.165, 1.54) is 4.91 Å². The normalized spacial score (nSPS) is 22.3. The van der Waals surface area contributed by atoms with Gasteiger partial charge in [-0.25, -0.2) is 0 Å². The largest absolute Gasteiger partial charge is 0.465 e. The molecular formula is C19H19NO4S. The summed E-state index contributed by atoms with van der Waals surface area (Å²) in [5.74, 6) is -0.687. The molecule has 5 nitrogen and oxygen atoms in total. The fourth-order valence-corrected chi connectivity index (χ4v) is 5.04. The van der Waals surface area contributed by atoms with Gasteiger partial charge in [-0.15, -0.1) is 11.8 Å². The average molecular weight is 357 g/mol. The highest BCUT2D eigenvalue weighted by atomic mass is 32.2. The molecule has 0 bridgehead atoms. The Kier molecular flexibility index (Phi) is 4.29. The number of amides is 1. The van der Waals surface area contributed by atoms with Crippen LogP contribution in [0.5, 0.6) is 0 Å². The van der Waals surface area contributed by atoms with Gasteiger partial charge in [0, 0.05) is 5.39 Å². The lowest BCUT2D eigenvalue weighted by molar-refractivity contribution is -0.146. The Morgan fingerprint density at radius 2 is 2.16 bits per heavy atom. The van der Waals surface area contributed by atoms with E-state index in [4.69, 9.17) is 9.15 Å². The quantitative estimate of drug-likeness (QED) is 0.842. The van der Waals surface area contributed by atoms with Crippen LogP contribution in [0.25, 0.3) is 11.0 Å². The molecule has 1 aromatic heterocycles. The molecule has 1 aliphatic carbocycles. The first-order valence-electron chi connectivity index (χ1n) is 8.52. The summed E-state index contributed by atoms with van der Waals surface area (Å²) in [6.45, 7) is 2.14. The molecule has 0 spiro atoms. The summed E-state index contributed by atoms with van der Waals surface area (Å²) in [5.41, 5.74) is 1.81. The van der Waals surface area contributed by atoms with E-state index in [0.29, 0.717) is 12.2 Å². The maximum absolute atomic E-state index is 12.6. The third-order valence-electron chi connectivity index (χ3n) is 4.62. The van der Waals surface area contributed by atoms with E-state index in [1.54, 1.807) is 24.8 Å². The minimum Gasteiger partial charge on any atom is -0.465 e. The van der Waals surface area contributed by atoms with Crippen molar-refractivity contribution < 1.29 is 18.7 Å². The molecule has 1 aromatic carbocycles. The van der Waals surface area contributed by atoms with Crippen LogP contribution in [0, 0.1) is 5.92 Å². The van der Waals surface area contributed by atoms with Crippen molar-refractivity contribution in [1.82, 2.24) is 5.32 Å². The van der Waals surface area contributed by atoms with Gasteiger partial charge in [0.25, 0.3) is 5.91 Å². The Bertz CT molecular complexity index is 836. The molecule has 1 amide bonds. The van der Waals surface area contributed by atoms with Crippen molar-refractivity contribution in [1.29, 1.82) is 0 Å². The summed E-state index contributed by atoms with van der Waals surface area (Å²) in [4.78, 5) is 26.3. The van der Waals surface area contributed by atoms with Crippen LogP contribution in [0.1, 0.15) is 36.7 Å². The third kappa shape index (κ3) is 2.95. The fourth-order valence-electron chi connectivity index (χ4n) is 3.51. The maximum atomic E-state index is 12.6. The number of allylic oxidation sites excluding steroid dienone is 1. The minimum atomic E-state index is -0.393. The maximum Gasteiger partial charge on any atom is 0.316 e. The number of hydrogen-bond acceptors (Lipinski definition) is 5.